The zero-order valence-corrected chi connectivity index (χ0v) is 15.1. The third-order valence-electron chi connectivity index (χ3n) is 3.79. The maximum atomic E-state index is 12.9. The van der Waals surface area contributed by atoms with Gasteiger partial charge < -0.3 is 15.7 Å². The summed E-state index contributed by atoms with van der Waals surface area (Å²) in [7, 11) is 0. The van der Waals surface area contributed by atoms with Crippen LogP contribution in [-0.4, -0.2) is 11.0 Å². The lowest BCUT2D eigenvalue weighted by Crippen LogP contribution is -2.15. The largest absolute Gasteiger partial charge is 0.508 e. The van der Waals surface area contributed by atoms with Gasteiger partial charge in [0, 0.05) is 17.6 Å². The van der Waals surface area contributed by atoms with Crippen molar-refractivity contribution in [2.75, 3.05) is 10.6 Å². The number of hydrogen-bond donors (Lipinski definition) is 3. The number of aryl methyl sites for hydroxylation is 1. The first kappa shape index (κ1) is 22.6. The molecule has 0 aromatic heterocycles. The van der Waals surface area contributed by atoms with Gasteiger partial charge in [-0.25, -0.2) is 0 Å². The van der Waals surface area contributed by atoms with Crippen LogP contribution in [0.15, 0.2) is 48.2 Å². The summed E-state index contributed by atoms with van der Waals surface area (Å²) < 4.78 is 77.4. The molecule has 0 aliphatic rings. The number of hydrogen-bond acceptors (Lipinski definition) is 4. The fourth-order valence-electron chi connectivity index (χ4n) is 2.32. The van der Waals surface area contributed by atoms with E-state index in [0.717, 1.165) is 0 Å². The van der Waals surface area contributed by atoms with E-state index in [0.29, 0.717) is 23.9 Å². The molecular weight excluding hydrogens is 416 g/mol. The van der Waals surface area contributed by atoms with Gasteiger partial charge >= 0.3 is 12.4 Å². The summed E-state index contributed by atoms with van der Waals surface area (Å²) in [6.45, 7) is 1.56. The minimum atomic E-state index is -5.03. The maximum Gasteiger partial charge on any atom is 0.416 e. The van der Waals surface area contributed by atoms with Gasteiger partial charge in [-0.3, -0.25) is 4.79 Å². The molecule has 0 radical (unpaired) electrons. The second-order valence-corrected chi connectivity index (χ2v) is 6.06. The van der Waals surface area contributed by atoms with Crippen molar-refractivity contribution >= 4 is 17.3 Å². The predicted molar refractivity (Wildman–Crippen MR) is 95.2 cm³/mol. The third-order valence-corrected chi connectivity index (χ3v) is 3.79. The van der Waals surface area contributed by atoms with Crippen molar-refractivity contribution in [3.05, 3.63) is 64.9 Å². The van der Waals surface area contributed by atoms with Crippen molar-refractivity contribution in [1.29, 1.82) is 5.26 Å². The molecule has 2 aromatic rings. The first-order valence-electron chi connectivity index (χ1n) is 8.08. The van der Waals surface area contributed by atoms with Crippen molar-refractivity contribution in [3.8, 4) is 11.8 Å². The molecule has 0 fully saturated rings. The molecule has 2 rings (SSSR count). The number of carbonyl (C=O) groups excluding carboxylic acids is 1. The molecule has 0 saturated heterocycles. The summed E-state index contributed by atoms with van der Waals surface area (Å²) in [6.07, 6.45) is -9.37. The number of halogens is 6. The number of phenolic OH excluding ortho intramolecular Hbond substituents is 1. The normalized spacial score (nSPS) is 12.3. The van der Waals surface area contributed by atoms with Crippen LogP contribution < -0.4 is 10.6 Å². The van der Waals surface area contributed by atoms with Crippen LogP contribution in [0.3, 0.4) is 0 Å². The molecule has 0 aliphatic heterocycles. The lowest BCUT2D eigenvalue weighted by Gasteiger charge is -2.14. The Morgan fingerprint density at radius 3 is 2.07 bits per heavy atom. The van der Waals surface area contributed by atoms with Crippen LogP contribution in [0.4, 0.5) is 37.7 Å². The van der Waals surface area contributed by atoms with Crippen molar-refractivity contribution in [3.63, 3.8) is 0 Å². The van der Waals surface area contributed by atoms with Crippen LogP contribution in [0, 0.1) is 18.3 Å². The number of aromatic hydroxyl groups is 1. The van der Waals surface area contributed by atoms with Gasteiger partial charge in [0.05, 0.1) is 11.1 Å². The zero-order valence-electron chi connectivity index (χ0n) is 15.1. The van der Waals surface area contributed by atoms with Gasteiger partial charge in [0.2, 0.25) is 0 Å². The molecular formula is C19H13F6N3O2. The molecule has 5 nitrogen and oxygen atoms in total. The van der Waals surface area contributed by atoms with E-state index in [-0.39, 0.29) is 17.5 Å². The third kappa shape index (κ3) is 5.66. The van der Waals surface area contributed by atoms with Crippen LogP contribution >= 0.6 is 0 Å². The topological polar surface area (TPSA) is 85.2 Å². The minimum Gasteiger partial charge on any atom is -0.508 e. The quantitative estimate of drug-likeness (QED) is 0.270. The number of alkyl halides is 6. The monoisotopic (exact) mass is 429 g/mol. The van der Waals surface area contributed by atoms with Crippen LogP contribution in [0.2, 0.25) is 0 Å². The highest BCUT2D eigenvalue weighted by molar-refractivity contribution is 6.07. The van der Waals surface area contributed by atoms with Crippen molar-refractivity contribution in [2.45, 2.75) is 19.3 Å². The van der Waals surface area contributed by atoms with Crippen molar-refractivity contribution < 1.29 is 36.2 Å². The Balaban J connectivity index is 2.31. The fourth-order valence-corrected chi connectivity index (χ4v) is 2.32. The standard InChI is InChI=1S/C19H13F6N3O2/c1-10-4-15(29)2-3-16(10)28-17(30)11(8-26)9-27-14-6-12(18(20,21)22)5-13(7-14)19(23,24)25/h2-7,9,27,29H,1H3,(H,28,30)/b11-9-. The van der Waals surface area contributed by atoms with Crippen LogP contribution in [-0.2, 0) is 17.1 Å². The van der Waals surface area contributed by atoms with Crippen molar-refractivity contribution in [2.24, 2.45) is 0 Å². The summed E-state index contributed by atoms with van der Waals surface area (Å²) in [6, 6.07) is 6.27. The molecule has 0 spiro atoms. The Kier molecular flexibility index (Phi) is 6.30. The first-order valence-corrected chi connectivity index (χ1v) is 8.08. The number of benzene rings is 2. The second-order valence-electron chi connectivity index (χ2n) is 6.06. The molecule has 0 heterocycles. The molecule has 11 heteroatoms. The predicted octanol–water partition coefficient (Wildman–Crippen LogP) is 5.20. The van der Waals surface area contributed by atoms with Gasteiger partial charge in [-0.15, -0.1) is 0 Å². The molecule has 158 valence electrons. The number of rotatable bonds is 4. The number of amides is 1. The highest BCUT2D eigenvalue weighted by atomic mass is 19.4. The maximum absolute atomic E-state index is 12.9. The molecule has 0 bridgehead atoms. The highest BCUT2D eigenvalue weighted by Gasteiger charge is 2.36. The second kappa shape index (κ2) is 8.36. The first-order chi connectivity index (χ1) is 13.8. The summed E-state index contributed by atoms with van der Waals surface area (Å²) in [5, 5.41) is 22.9. The summed E-state index contributed by atoms with van der Waals surface area (Å²) >= 11 is 0. The van der Waals surface area contributed by atoms with Gasteiger partial charge in [0.15, 0.2) is 0 Å². The van der Waals surface area contributed by atoms with E-state index in [2.05, 4.69) is 10.6 Å². The van der Waals surface area contributed by atoms with E-state index in [1.165, 1.54) is 24.3 Å². The summed E-state index contributed by atoms with van der Waals surface area (Å²) in [5.74, 6) is -1.02. The molecule has 1 amide bonds. The number of phenols is 1. The van der Waals surface area contributed by atoms with Crippen LogP contribution in [0.1, 0.15) is 16.7 Å². The smallest absolute Gasteiger partial charge is 0.416 e. The van der Waals surface area contributed by atoms with Gasteiger partial charge in [-0.05, 0) is 48.9 Å². The molecule has 30 heavy (non-hydrogen) atoms. The Hall–Kier alpha value is -3.68. The Bertz CT molecular complexity index is 1000. The molecule has 2 aromatic carbocycles. The van der Waals surface area contributed by atoms with E-state index >= 15 is 0 Å². The van der Waals surface area contributed by atoms with Gasteiger partial charge in [-0.2, -0.15) is 31.6 Å². The Labute approximate surface area is 166 Å². The van der Waals surface area contributed by atoms with Crippen molar-refractivity contribution in [1.82, 2.24) is 0 Å². The summed E-state index contributed by atoms with van der Waals surface area (Å²) in [4.78, 5) is 12.2. The van der Waals surface area contributed by atoms with E-state index in [4.69, 9.17) is 5.26 Å². The highest BCUT2D eigenvalue weighted by Crippen LogP contribution is 2.37. The van der Waals surface area contributed by atoms with Crippen LogP contribution in [0.5, 0.6) is 5.75 Å². The molecule has 3 N–H and O–H groups in total. The molecule has 0 saturated carbocycles. The SMILES string of the molecule is Cc1cc(O)ccc1NC(=O)/C(C#N)=C\Nc1cc(C(F)(F)F)cc(C(F)(F)F)c1. The van der Waals surface area contributed by atoms with E-state index in [1.54, 1.807) is 6.92 Å². The average molecular weight is 429 g/mol. The number of nitriles is 1. The van der Waals surface area contributed by atoms with E-state index < -0.39 is 40.6 Å². The van der Waals surface area contributed by atoms with Gasteiger partial charge in [0.25, 0.3) is 5.91 Å². The molecule has 0 atom stereocenters. The van der Waals surface area contributed by atoms with Gasteiger partial charge in [-0.1, -0.05) is 0 Å². The number of anilines is 2. The lowest BCUT2D eigenvalue weighted by molar-refractivity contribution is -0.143. The van der Waals surface area contributed by atoms with E-state index in [9.17, 15) is 36.2 Å². The Morgan fingerprint density at radius 2 is 1.60 bits per heavy atom. The minimum absolute atomic E-state index is 0.0413. The molecule has 0 unspecified atom stereocenters. The fraction of sp³-hybridized carbons (Fsp3) is 0.158. The lowest BCUT2D eigenvalue weighted by atomic mass is 10.1. The Morgan fingerprint density at radius 1 is 1.03 bits per heavy atom. The van der Waals surface area contributed by atoms with E-state index in [1.807, 2.05) is 0 Å². The number of nitrogens with one attached hydrogen (secondary N) is 2. The van der Waals surface area contributed by atoms with Crippen LogP contribution in [0.25, 0.3) is 0 Å². The number of carbonyl (C=O) groups is 1. The average Bonchev–Trinajstić information content (AvgIpc) is 2.63. The summed E-state index contributed by atoms with van der Waals surface area (Å²) in [5.41, 5.74) is -3.60. The zero-order chi connectivity index (χ0) is 22.7. The molecule has 0 aliphatic carbocycles. The number of nitrogens with zero attached hydrogens (tertiary/aromatic N) is 1. The van der Waals surface area contributed by atoms with Gasteiger partial charge in [0.1, 0.15) is 17.4 Å².